The van der Waals surface area contributed by atoms with Gasteiger partial charge in [0.05, 0.1) is 24.3 Å². The number of hydrogen-bond donors (Lipinski definition) is 2. The van der Waals surface area contributed by atoms with Crippen molar-refractivity contribution in [2.45, 2.75) is 6.54 Å². The minimum Gasteiger partial charge on any atom is -0.496 e. The van der Waals surface area contributed by atoms with Crippen molar-refractivity contribution in [1.82, 2.24) is 10.2 Å². The van der Waals surface area contributed by atoms with Crippen molar-refractivity contribution < 1.29 is 9.66 Å². The average Bonchev–Trinajstić information content (AvgIpc) is 2.89. The van der Waals surface area contributed by atoms with Gasteiger partial charge in [0.25, 0.3) is 5.69 Å². The summed E-state index contributed by atoms with van der Waals surface area (Å²) in [5.74, 6) is 0.443. The number of nitrogens with one attached hydrogen (secondary N) is 2. The van der Waals surface area contributed by atoms with Crippen molar-refractivity contribution in [1.29, 1.82) is 0 Å². The third-order valence-electron chi connectivity index (χ3n) is 2.39. The van der Waals surface area contributed by atoms with Crippen LogP contribution in [0.15, 0.2) is 30.6 Å². The molecule has 0 unspecified atom stereocenters. The van der Waals surface area contributed by atoms with Crippen LogP contribution in [0.5, 0.6) is 5.75 Å². The molecule has 0 saturated carbocycles. The maximum atomic E-state index is 10.8. The third kappa shape index (κ3) is 2.76. The maximum Gasteiger partial charge on any atom is 0.275 e. The Balaban J connectivity index is 2.16. The van der Waals surface area contributed by atoms with Gasteiger partial charge in [0.2, 0.25) is 0 Å². The van der Waals surface area contributed by atoms with Crippen molar-refractivity contribution in [3.8, 4) is 5.75 Å². The first kappa shape index (κ1) is 11.9. The second-order valence-electron chi connectivity index (χ2n) is 3.64. The van der Waals surface area contributed by atoms with Gasteiger partial charge >= 0.3 is 0 Å². The number of anilines is 1. The van der Waals surface area contributed by atoms with E-state index in [1.165, 1.54) is 19.2 Å². The molecule has 0 radical (unpaired) electrons. The molecule has 2 N–H and O–H groups in total. The van der Waals surface area contributed by atoms with Gasteiger partial charge in [-0.2, -0.15) is 5.10 Å². The van der Waals surface area contributed by atoms with Crippen LogP contribution < -0.4 is 10.1 Å². The van der Waals surface area contributed by atoms with Crippen LogP contribution in [-0.2, 0) is 6.54 Å². The summed E-state index contributed by atoms with van der Waals surface area (Å²) in [6.07, 6.45) is 3.43. The van der Waals surface area contributed by atoms with Gasteiger partial charge in [0.15, 0.2) is 0 Å². The zero-order valence-electron chi connectivity index (χ0n) is 9.71. The molecule has 1 aromatic heterocycles. The maximum absolute atomic E-state index is 10.8. The monoisotopic (exact) mass is 248 g/mol. The van der Waals surface area contributed by atoms with Gasteiger partial charge in [-0.05, 0) is 0 Å². The Labute approximate surface area is 103 Å². The zero-order chi connectivity index (χ0) is 13.0. The van der Waals surface area contributed by atoms with E-state index in [0.29, 0.717) is 18.0 Å². The van der Waals surface area contributed by atoms with Crippen molar-refractivity contribution in [2.24, 2.45) is 0 Å². The number of aromatic amines is 1. The predicted octanol–water partition coefficient (Wildman–Crippen LogP) is 1.94. The predicted molar refractivity (Wildman–Crippen MR) is 65.6 cm³/mol. The number of non-ortho nitro benzene ring substituents is 1. The van der Waals surface area contributed by atoms with Crippen LogP contribution in [0.2, 0.25) is 0 Å². The second-order valence-corrected chi connectivity index (χ2v) is 3.64. The summed E-state index contributed by atoms with van der Waals surface area (Å²) in [7, 11) is 1.47. The van der Waals surface area contributed by atoms with Crippen LogP contribution in [0.4, 0.5) is 11.4 Å². The summed E-state index contributed by atoms with van der Waals surface area (Å²) >= 11 is 0. The fraction of sp³-hybridized carbons (Fsp3) is 0.182. The van der Waals surface area contributed by atoms with Crippen LogP contribution in [0, 0.1) is 10.1 Å². The van der Waals surface area contributed by atoms with Crippen molar-refractivity contribution >= 4 is 11.4 Å². The highest BCUT2D eigenvalue weighted by Gasteiger charge is 2.10. The quantitative estimate of drug-likeness (QED) is 0.623. The van der Waals surface area contributed by atoms with Gasteiger partial charge in [-0.3, -0.25) is 15.2 Å². The van der Waals surface area contributed by atoms with Crippen LogP contribution in [0.25, 0.3) is 0 Å². The Morgan fingerprint density at radius 3 is 2.94 bits per heavy atom. The lowest BCUT2D eigenvalue weighted by Gasteiger charge is -2.07. The fourth-order valence-corrected chi connectivity index (χ4v) is 1.49. The van der Waals surface area contributed by atoms with Gasteiger partial charge in [-0.15, -0.1) is 0 Å². The highest BCUT2D eigenvalue weighted by molar-refractivity contribution is 5.56. The third-order valence-corrected chi connectivity index (χ3v) is 2.39. The van der Waals surface area contributed by atoms with E-state index in [4.69, 9.17) is 4.74 Å². The topological polar surface area (TPSA) is 93.1 Å². The molecule has 18 heavy (non-hydrogen) atoms. The molecule has 0 atom stereocenters. The lowest BCUT2D eigenvalue weighted by Crippen LogP contribution is -2.00. The zero-order valence-corrected chi connectivity index (χ0v) is 9.71. The van der Waals surface area contributed by atoms with Crippen molar-refractivity contribution in [3.63, 3.8) is 0 Å². The minimum absolute atomic E-state index is 0.0101. The van der Waals surface area contributed by atoms with E-state index in [9.17, 15) is 10.1 Å². The first-order valence-corrected chi connectivity index (χ1v) is 5.24. The summed E-state index contributed by atoms with van der Waals surface area (Å²) in [5, 5.41) is 20.3. The molecule has 1 aromatic carbocycles. The number of rotatable bonds is 5. The van der Waals surface area contributed by atoms with Gasteiger partial charge in [0, 0.05) is 36.1 Å². The van der Waals surface area contributed by atoms with Gasteiger partial charge in [0.1, 0.15) is 5.75 Å². The molecular formula is C11H12N4O3. The lowest BCUT2D eigenvalue weighted by atomic mass is 10.2. The summed E-state index contributed by atoms with van der Waals surface area (Å²) in [5.41, 5.74) is 1.58. The molecule has 0 amide bonds. The number of nitro benzene ring substituents is 1. The van der Waals surface area contributed by atoms with E-state index in [0.717, 1.165) is 5.56 Å². The van der Waals surface area contributed by atoms with E-state index in [-0.39, 0.29) is 5.69 Å². The summed E-state index contributed by atoms with van der Waals surface area (Å²) < 4.78 is 5.02. The number of H-pyrrole nitrogens is 1. The molecule has 0 aliphatic rings. The molecule has 2 aromatic rings. The van der Waals surface area contributed by atoms with Gasteiger partial charge < -0.3 is 10.1 Å². The molecule has 1 heterocycles. The molecule has 0 saturated heterocycles. The SMILES string of the molecule is COc1cc(NCc2cn[nH]c2)cc([N+](=O)[O-])c1. The minimum atomic E-state index is -0.453. The fourth-order valence-electron chi connectivity index (χ4n) is 1.49. The number of hydrogen-bond acceptors (Lipinski definition) is 5. The normalized spacial score (nSPS) is 10.1. The molecule has 2 rings (SSSR count). The van der Waals surface area contributed by atoms with Crippen molar-refractivity contribution in [2.75, 3.05) is 12.4 Å². The van der Waals surface area contributed by atoms with Gasteiger partial charge in [-0.1, -0.05) is 0 Å². The molecule has 94 valence electrons. The second kappa shape index (κ2) is 5.17. The Morgan fingerprint density at radius 1 is 1.50 bits per heavy atom. The Hall–Kier alpha value is -2.57. The highest BCUT2D eigenvalue weighted by atomic mass is 16.6. The largest absolute Gasteiger partial charge is 0.496 e. The Bertz CT molecular complexity index is 539. The number of nitro groups is 1. The molecule has 7 nitrogen and oxygen atoms in total. The standard InChI is InChI=1S/C11H12N4O3/c1-18-11-3-9(2-10(4-11)15(16)17)12-5-8-6-13-14-7-8/h2-4,6-7,12H,5H2,1H3,(H,13,14). The van der Waals surface area contributed by atoms with Crippen LogP contribution in [0.1, 0.15) is 5.56 Å². The van der Waals surface area contributed by atoms with E-state index >= 15 is 0 Å². The van der Waals surface area contributed by atoms with E-state index in [2.05, 4.69) is 15.5 Å². The number of nitrogens with zero attached hydrogens (tertiary/aromatic N) is 2. The molecule has 0 spiro atoms. The van der Waals surface area contributed by atoms with Crippen LogP contribution >= 0.6 is 0 Å². The number of methoxy groups -OCH3 is 1. The molecule has 0 aliphatic carbocycles. The van der Waals surface area contributed by atoms with E-state index in [1.54, 1.807) is 18.5 Å². The molecular weight excluding hydrogens is 236 g/mol. The highest BCUT2D eigenvalue weighted by Crippen LogP contribution is 2.25. The summed E-state index contributed by atoms with van der Waals surface area (Å²) in [6.45, 7) is 0.529. The first-order chi connectivity index (χ1) is 8.69. The molecule has 0 fully saturated rings. The Kier molecular flexibility index (Phi) is 3.42. The smallest absolute Gasteiger partial charge is 0.275 e. The summed E-state index contributed by atoms with van der Waals surface area (Å²) in [6, 6.07) is 4.54. The average molecular weight is 248 g/mol. The first-order valence-electron chi connectivity index (χ1n) is 5.24. The van der Waals surface area contributed by atoms with Gasteiger partial charge in [-0.25, -0.2) is 0 Å². The van der Waals surface area contributed by atoms with Crippen LogP contribution in [0.3, 0.4) is 0 Å². The van der Waals surface area contributed by atoms with E-state index in [1.807, 2.05) is 0 Å². The number of benzene rings is 1. The molecule has 0 aliphatic heterocycles. The number of aromatic nitrogens is 2. The summed E-state index contributed by atoms with van der Waals surface area (Å²) in [4.78, 5) is 10.3. The molecule has 7 heteroatoms. The Morgan fingerprint density at radius 2 is 2.33 bits per heavy atom. The van der Waals surface area contributed by atoms with E-state index < -0.39 is 4.92 Å². The van der Waals surface area contributed by atoms with Crippen molar-refractivity contribution in [3.05, 3.63) is 46.3 Å². The number of ether oxygens (including phenoxy) is 1. The molecule has 0 bridgehead atoms. The lowest BCUT2D eigenvalue weighted by molar-refractivity contribution is -0.384. The van der Waals surface area contributed by atoms with Crippen LogP contribution in [-0.4, -0.2) is 22.2 Å².